The smallest absolute Gasteiger partial charge is 0.407 e. The van der Waals surface area contributed by atoms with Crippen molar-refractivity contribution in [3.63, 3.8) is 0 Å². The molecule has 2 atom stereocenters. The maximum atomic E-state index is 11.6. The first-order valence-electron chi connectivity index (χ1n) is 7.58. The van der Waals surface area contributed by atoms with E-state index in [1.165, 1.54) is 0 Å². The van der Waals surface area contributed by atoms with Crippen LogP contribution in [-0.4, -0.2) is 24.3 Å². The van der Waals surface area contributed by atoms with Crippen LogP contribution in [-0.2, 0) is 4.74 Å². The van der Waals surface area contributed by atoms with E-state index < -0.39 is 5.60 Å². The van der Waals surface area contributed by atoms with Crippen molar-refractivity contribution < 1.29 is 13.9 Å². The molecule has 0 radical (unpaired) electrons. The van der Waals surface area contributed by atoms with E-state index in [1.807, 2.05) is 39.8 Å². The molecule has 0 fully saturated rings. The quantitative estimate of drug-likeness (QED) is 0.806. The van der Waals surface area contributed by atoms with E-state index in [-0.39, 0.29) is 18.2 Å². The van der Waals surface area contributed by atoms with Gasteiger partial charge in [0.05, 0.1) is 12.3 Å². The molecule has 0 bridgehead atoms. The van der Waals surface area contributed by atoms with Crippen molar-refractivity contribution in [3.8, 4) is 0 Å². The topological polar surface area (TPSA) is 63.5 Å². The zero-order valence-corrected chi connectivity index (χ0v) is 13.7. The molecule has 0 aliphatic carbocycles. The molecule has 1 rings (SSSR count). The maximum absolute atomic E-state index is 11.6. The highest BCUT2D eigenvalue weighted by molar-refractivity contribution is 5.67. The molecule has 21 heavy (non-hydrogen) atoms. The van der Waals surface area contributed by atoms with Crippen molar-refractivity contribution in [1.82, 2.24) is 10.6 Å². The van der Waals surface area contributed by atoms with Gasteiger partial charge in [-0.3, -0.25) is 0 Å². The van der Waals surface area contributed by atoms with Crippen LogP contribution in [0.1, 0.15) is 59.3 Å². The Morgan fingerprint density at radius 1 is 1.43 bits per heavy atom. The second-order valence-corrected chi connectivity index (χ2v) is 6.27. The molecular weight excluding hydrogens is 268 g/mol. The zero-order valence-electron chi connectivity index (χ0n) is 13.7. The summed E-state index contributed by atoms with van der Waals surface area (Å²) in [6, 6.07) is 4.14. The summed E-state index contributed by atoms with van der Waals surface area (Å²) in [6.07, 6.45) is 3.11. The van der Waals surface area contributed by atoms with Crippen LogP contribution in [0.4, 0.5) is 4.79 Å². The highest BCUT2D eigenvalue weighted by Crippen LogP contribution is 2.16. The largest absolute Gasteiger partial charge is 0.468 e. The second kappa shape index (κ2) is 8.08. The summed E-state index contributed by atoms with van der Waals surface area (Å²) < 4.78 is 10.6. The van der Waals surface area contributed by atoms with Gasteiger partial charge in [0.15, 0.2) is 0 Å². The van der Waals surface area contributed by atoms with Gasteiger partial charge >= 0.3 is 6.09 Å². The Balaban J connectivity index is 2.26. The van der Waals surface area contributed by atoms with Crippen LogP contribution in [0.15, 0.2) is 22.8 Å². The summed E-state index contributed by atoms with van der Waals surface area (Å²) in [5, 5.41) is 6.28. The van der Waals surface area contributed by atoms with E-state index in [0.29, 0.717) is 0 Å². The van der Waals surface area contributed by atoms with Gasteiger partial charge in [0, 0.05) is 6.04 Å². The Morgan fingerprint density at radius 3 is 2.67 bits per heavy atom. The second-order valence-electron chi connectivity index (χ2n) is 6.27. The van der Waals surface area contributed by atoms with Gasteiger partial charge in [-0.15, -0.1) is 0 Å². The third-order valence-corrected chi connectivity index (χ3v) is 3.03. The lowest BCUT2D eigenvalue weighted by Gasteiger charge is -2.22. The molecule has 1 amide bonds. The number of carbonyl (C=O) groups is 1. The number of nitrogens with one attached hydrogen (secondary N) is 2. The van der Waals surface area contributed by atoms with Gasteiger partial charge in [-0.1, -0.05) is 6.92 Å². The minimum absolute atomic E-state index is 0.0569. The lowest BCUT2D eigenvalue weighted by atomic mass is 10.1. The number of hydrogen-bond acceptors (Lipinski definition) is 4. The molecule has 2 N–H and O–H groups in total. The van der Waals surface area contributed by atoms with Crippen LogP contribution in [0.3, 0.4) is 0 Å². The fraction of sp³-hybridized carbons (Fsp3) is 0.688. The summed E-state index contributed by atoms with van der Waals surface area (Å²) >= 11 is 0. The molecule has 0 saturated heterocycles. The molecule has 5 nitrogen and oxygen atoms in total. The standard InChI is InChI=1S/C16H28N2O3/c1-6-13(14-8-7-11-20-14)17-10-9-12(2)18-15(19)21-16(3,4)5/h7-8,11-13,17H,6,9-10H2,1-5H3,(H,18,19). The molecule has 0 aliphatic rings. The Kier molecular flexibility index (Phi) is 6.75. The Bertz CT molecular complexity index is 410. The molecule has 0 aromatic carbocycles. The highest BCUT2D eigenvalue weighted by Gasteiger charge is 2.18. The van der Waals surface area contributed by atoms with Crippen LogP contribution in [0.5, 0.6) is 0 Å². The summed E-state index contributed by atoms with van der Waals surface area (Å²) in [4.78, 5) is 11.6. The summed E-state index contributed by atoms with van der Waals surface area (Å²) in [5.74, 6) is 0.949. The molecule has 1 aromatic rings. The van der Waals surface area contributed by atoms with Gasteiger partial charge in [0.25, 0.3) is 0 Å². The number of alkyl carbamates (subject to hydrolysis) is 1. The van der Waals surface area contributed by atoms with E-state index in [9.17, 15) is 4.79 Å². The summed E-state index contributed by atoms with van der Waals surface area (Å²) in [6.45, 7) is 10.5. The minimum Gasteiger partial charge on any atom is -0.468 e. The molecule has 5 heteroatoms. The third-order valence-electron chi connectivity index (χ3n) is 3.03. The van der Waals surface area contributed by atoms with E-state index in [2.05, 4.69) is 17.6 Å². The number of rotatable bonds is 7. The predicted molar refractivity (Wildman–Crippen MR) is 83.2 cm³/mol. The van der Waals surface area contributed by atoms with Crippen molar-refractivity contribution in [2.45, 2.75) is 65.1 Å². The number of ether oxygens (including phenoxy) is 1. The van der Waals surface area contributed by atoms with E-state index >= 15 is 0 Å². The first-order valence-corrected chi connectivity index (χ1v) is 7.58. The SMILES string of the molecule is CCC(NCCC(C)NC(=O)OC(C)(C)C)c1ccco1. The van der Waals surface area contributed by atoms with Crippen LogP contribution in [0.25, 0.3) is 0 Å². The number of amides is 1. The van der Waals surface area contributed by atoms with Crippen molar-refractivity contribution >= 4 is 6.09 Å². The van der Waals surface area contributed by atoms with E-state index in [0.717, 1.165) is 25.1 Å². The third kappa shape index (κ3) is 7.18. The Morgan fingerprint density at radius 2 is 2.14 bits per heavy atom. The van der Waals surface area contributed by atoms with Crippen molar-refractivity contribution in [3.05, 3.63) is 24.2 Å². The van der Waals surface area contributed by atoms with Crippen molar-refractivity contribution in [2.75, 3.05) is 6.54 Å². The fourth-order valence-electron chi connectivity index (χ4n) is 1.99. The molecule has 1 aromatic heterocycles. The van der Waals surface area contributed by atoms with Crippen molar-refractivity contribution in [1.29, 1.82) is 0 Å². The first-order chi connectivity index (χ1) is 9.81. The maximum Gasteiger partial charge on any atom is 0.407 e. The molecule has 0 aliphatic heterocycles. The molecule has 1 heterocycles. The first kappa shape index (κ1) is 17.6. The minimum atomic E-state index is -0.464. The van der Waals surface area contributed by atoms with Gasteiger partial charge in [-0.25, -0.2) is 4.79 Å². The number of furan rings is 1. The van der Waals surface area contributed by atoms with Gasteiger partial charge in [0.2, 0.25) is 0 Å². The van der Waals surface area contributed by atoms with Crippen LogP contribution >= 0.6 is 0 Å². The van der Waals surface area contributed by atoms with Gasteiger partial charge < -0.3 is 19.8 Å². The Labute approximate surface area is 127 Å². The van der Waals surface area contributed by atoms with E-state index in [4.69, 9.17) is 9.15 Å². The molecular formula is C16H28N2O3. The average molecular weight is 296 g/mol. The van der Waals surface area contributed by atoms with Gasteiger partial charge in [0.1, 0.15) is 11.4 Å². The lowest BCUT2D eigenvalue weighted by Crippen LogP contribution is -2.39. The zero-order chi connectivity index (χ0) is 15.9. The van der Waals surface area contributed by atoms with Gasteiger partial charge in [-0.05, 0) is 59.2 Å². The van der Waals surface area contributed by atoms with Gasteiger partial charge in [-0.2, -0.15) is 0 Å². The number of hydrogen-bond donors (Lipinski definition) is 2. The van der Waals surface area contributed by atoms with Crippen LogP contribution in [0.2, 0.25) is 0 Å². The number of carbonyl (C=O) groups excluding carboxylic acids is 1. The summed E-state index contributed by atoms with van der Waals surface area (Å²) in [5.41, 5.74) is -0.464. The van der Waals surface area contributed by atoms with Crippen molar-refractivity contribution in [2.24, 2.45) is 0 Å². The van der Waals surface area contributed by atoms with Crippen LogP contribution < -0.4 is 10.6 Å². The molecule has 2 unspecified atom stereocenters. The average Bonchev–Trinajstić information content (AvgIpc) is 2.85. The molecule has 0 spiro atoms. The lowest BCUT2D eigenvalue weighted by molar-refractivity contribution is 0.0506. The van der Waals surface area contributed by atoms with Crippen LogP contribution in [0, 0.1) is 0 Å². The molecule has 120 valence electrons. The monoisotopic (exact) mass is 296 g/mol. The fourth-order valence-corrected chi connectivity index (χ4v) is 1.99. The Hall–Kier alpha value is -1.49. The predicted octanol–water partition coefficient (Wildman–Crippen LogP) is 3.62. The summed E-state index contributed by atoms with van der Waals surface area (Å²) in [7, 11) is 0. The normalized spacial score (nSPS) is 14.5. The molecule has 0 saturated carbocycles. The van der Waals surface area contributed by atoms with E-state index in [1.54, 1.807) is 6.26 Å². The highest BCUT2D eigenvalue weighted by atomic mass is 16.6.